The maximum Gasteiger partial charge on any atom is 0.321 e. The lowest BCUT2D eigenvalue weighted by Gasteiger charge is -2.37. The zero-order valence-electron chi connectivity index (χ0n) is 16.9. The topological polar surface area (TPSA) is 83.8 Å². The van der Waals surface area contributed by atoms with Gasteiger partial charge in [0.2, 0.25) is 0 Å². The van der Waals surface area contributed by atoms with Gasteiger partial charge < -0.3 is 20.1 Å². The van der Waals surface area contributed by atoms with Crippen LogP contribution in [0.1, 0.15) is 37.8 Å². The number of halogens is 2. The zero-order valence-corrected chi connectivity index (χ0v) is 16.9. The highest BCUT2D eigenvalue weighted by atomic mass is 19.3. The molecule has 0 radical (unpaired) electrons. The van der Waals surface area contributed by atoms with Crippen LogP contribution >= 0.6 is 0 Å². The molecule has 7 nitrogen and oxygen atoms in total. The molecule has 166 valence electrons. The van der Waals surface area contributed by atoms with E-state index in [9.17, 15) is 23.5 Å². The number of carbonyl (C=O) groups excluding carboxylic acids is 1. The van der Waals surface area contributed by atoms with Crippen molar-refractivity contribution in [1.29, 1.82) is 0 Å². The number of rotatable bonds is 5. The van der Waals surface area contributed by atoms with Gasteiger partial charge >= 0.3 is 6.55 Å². The van der Waals surface area contributed by atoms with Crippen LogP contribution in [0, 0.1) is 0 Å². The van der Waals surface area contributed by atoms with Gasteiger partial charge in [0.25, 0.3) is 11.5 Å². The van der Waals surface area contributed by atoms with Crippen molar-refractivity contribution in [3.8, 4) is 5.75 Å². The smallest absolute Gasteiger partial charge is 0.321 e. The number of aliphatic hydroxyl groups excluding tert-OH is 1. The summed E-state index contributed by atoms with van der Waals surface area (Å²) < 4.78 is 32.5. The molecule has 2 N–H and O–H groups in total. The van der Waals surface area contributed by atoms with Crippen molar-refractivity contribution in [3.63, 3.8) is 0 Å². The molecule has 1 aliphatic carbocycles. The van der Waals surface area contributed by atoms with E-state index in [0.29, 0.717) is 22.3 Å². The largest absolute Gasteiger partial charge is 0.477 e. The number of carbonyl (C=O) groups is 1. The highest BCUT2D eigenvalue weighted by molar-refractivity contribution is 5.83. The molecule has 9 heteroatoms. The Kier molecular flexibility index (Phi) is 6.22. The minimum atomic E-state index is -2.93. The van der Waals surface area contributed by atoms with Crippen molar-refractivity contribution >= 4 is 11.6 Å². The van der Waals surface area contributed by atoms with Gasteiger partial charge in [0.1, 0.15) is 5.75 Å². The summed E-state index contributed by atoms with van der Waals surface area (Å²) in [5.74, 6) is 0.197. The average Bonchev–Trinajstić information content (AvgIpc) is 2.76. The van der Waals surface area contributed by atoms with Gasteiger partial charge in [-0.3, -0.25) is 14.2 Å². The average molecular weight is 433 g/mol. The quantitative estimate of drug-likeness (QED) is 0.757. The number of pyridine rings is 1. The normalized spacial score (nSPS) is 23.2. The van der Waals surface area contributed by atoms with E-state index >= 15 is 0 Å². The Labute approximate surface area is 178 Å². The zero-order chi connectivity index (χ0) is 22.0. The van der Waals surface area contributed by atoms with Crippen LogP contribution in [0.15, 0.2) is 47.4 Å². The third kappa shape index (κ3) is 4.71. The van der Waals surface area contributed by atoms with E-state index in [1.165, 1.54) is 6.07 Å². The fourth-order valence-electron chi connectivity index (χ4n) is 4.16. The van der Waals surface area contributed by atoms with Crippen LogP contribution in [0.3, 0.4) is 0 Å². The van der Waals surface area contributed by atoms with Gasteiger partial charge in [-0.05, 0) is 30.5 Å². The van der Waals surface area contributed by atoms with Crippen LogP contribution in [0.2, 0.25) is 0 Å². The summed E-state index contributed by atoms with van der Waals surface area (Å²) in [7, 11) is 0. The Morgan fingerprint density at radius 3 is 2.74 bits per heavy atom. The molecule has 1 amide bonds. The standard InChI is InChI=1S/C22H25F2N3O4/c23-22(24)27-12-14(9-10-20(27)29)11-26-13-19(31-18-8-4-2-6-16(18)26)21(30)25-15-5-1-3-7-17(15)28/h2,4,6,8-10,12,15,17,19,22,28H,1,3,5,7,11,13H2,(H,25,30). The number of anilines is 1. The summed E-state index contributed by atoms with van der Waals surface area (Å²) in [6.45, 7) is -2.49. The first-order valence-electron chi connectivity index (χ1n) is 10.4. The fourth-order valence-corrected chi connectivity index (χ4v) is 4.16. The van der Waals surface area contributed by atoms with Crippen LogP contribution in [0.25, 0.3) is 0 Å². The van der Waals surface area contributed by atoms with Gasteiger partial charge in [-0.25, -0.2) is 0 Å². The van der Waals surface area contributed by atoms with E-state index in [4.69, 9.17) is 4.74 Å². The number of aliphatic hydroxyl groups is 1. The molecule has 2 aromatic rings. The maximum absolute atomic E-state index is 13.1. The maximum atomic E-state index is 13.1. The number of hydrogen-bond acceptors (Lipinski definition) is 5. The second-order valence-corrected chi connectivity index (χ2v) is 7.98. The first kappa shape index (κ1) is 21.3. The molecule has 31 heavy (non-hydrogen) atoms. The van der Waals surface area contributed by atoms with Crippen LogP contribution in [0.4, 0.5) is 14.5 Å². The molecular formula is C22H25F2N3O4. The third-order valence-electron chi connectivity index (χ3n) is 5.79. The Morgan fingerprint density at radius 1 is 1.19 bits per heavy atom. The van der Waals surface area contributed by atoms with Gasteiger partial charge in [-0.15, -0.1) is 0 Å². The predicted molar refractivity (Wildman–Crippen MR) is 110 cm³/mol. The number of ether oxygens (including phenoxy) is 1. The number of fused-ring (bicyclic) bond motifs is 1. The Morgan fingerprint density at radius 2 is 1.97 bits per heavy atom. The number of nitrogens with one attached hydrogen (secondary N) is 1. The molecule has 0 bridgehead atoms. The van der Waals surface area contributed by atoms with Crippen LogP contribution in [-0.2, 0) is 11.3 Å². The van der Waals surface area contributed by atoms with Gasteiger partial charge in [-0.1, -0.05) is 31.0 Å². The van der Waals surface area contributed by atoms with Gasteiger partial charge in [0.05, 0.1) is 24.4 Å². The second kappa shape index (κ2) is 9.05. The molecule has 1 saturated carbocycles. The molecule has 2 aliphatic rings. The van der Waals surface area contributed by atoms with E-state index in [2.05, 4.69) is 5.32 Å². The molecule has 1 aliphatic heterocycles. The van der Waals surface area contributed by atoms with Crippen molar-refractivity contribution in [2.24, 2.45) is 0 Å². The Hall–Kier alpha value is -2.94. The minimum absolute atomic E-state index is 0.208. The second-order valence-electron chi connectivity index (χ2n) is 7.98. The number of amides is 1. The van der Waals surface area contributed by atoms with E-state index in [0.717, 1.165) is 37.2 Å². The fraction of sp³-hybridized carbons (Fsp3) is 0.455. The summed E-state index contributed by atoms with van der Waals surface area (Å²) in [4.78, 5) is 26.4. The lowest BCUT2D eigenvalue weighted by atomic mass is 9.92. The molecule has 1 fully saturated rings. The van der Waals surface area contributed by atoms with Crippen LogP contribution in [0.5, 0.6) is 5.75 Å². The molecule has 1 aromatic carbocycles. The van der Waals surface area contributed by atoms with Crippen molar-refractivity contribution in [1.82, 2.24) is 9.88 Å². The highest BCUT2D eigenvalue weighted by Gasteiger charge is 2.33. The lowest BCUT2D eigenvalue weighted by Crippen LogP contribution is -2.54. The molecule has 0 saturated heterocycles. The van der Waals surface area contributed by atoms with E-state index in [1.54, 1.807) is 12.1 Å². The van der Waals surface area contributed by atoms with Crippen molar-refractivity contribution in [2.45, 2.75) is 57.0 Å². The van der Waals surface area contributed by atoms with Crippen LogP contribution < -0.4 is 20.5 Å². The van der Waals surface area contributed by atoms with E-state index in [1.807, 2.05) is 17.0 Å². The highest BCUT2D eigenvalue weighted by Crippen LogP contribution is 2.34. The molecule has 3 atom stereocenters. The first-order chi connectivity index (χ1) is 14.9. The molecule has 3 unspecified atom stereocenters. The molecule has 4 rings (SSSR count). The van der Waals surface area contributed by atoms with Gasteiger partial charge in [0.15, 0.2) is 6.10 Å². The van der Waals surface area contributed by atoms with E-state index in [-0.39, 0.29) is 25.0 Å². The molecular weight excluding hydrogens is 408 g/mol. The van der Waals surface area contributed by atoms with Crippen molar-refractivity contribution in [2.75, 3.05) is 11.4 Å². The molecule has 0 spiro atoms. The summed E-state index contributed by atoms with van der Waals surface area (Å²) >= 11 is 0. The Balaban J connectivity index is 1.54. The number of hydrogen-bond donors (Lipinski definition) is 2. The SMILES string of the molecule is O=C(NC1CCCCC1O)C1CN(Cc2ccc(=O)n(C(F)F)c2)c2ccccc2O1. The summed E-state index contributed by atoms with van der Waals surface area (Å²) in [5.41, 5.74) is 0.474. The monoisotopic (exact) mass is 433 g/mol. The summed E-state index contributed by atoms with van der Waals surface area (Å²) in [6.07, 6.45) is 3.02. The number of alkyl halides is 2. The number of benzene rings is 1. The molecule has 2 heterocycles. The number of nitrogens with zero attached hydrogens (tertiary/aromatic N) is 2. The first-order valence-corrected chi connectivity index (χ1v) is 10.4. The Bertz CT molecular complexity index is 997. The van der Waals surface area contributed by atoms with Crippen LogP contribution in [-0.4, -0.2) is 40.4 Å². The number of para-hydroxylation sites is 2. The van der Waals surface area contributed by atoms with Gasteiger partial charge in [0, 0.05) is 18.8 Å². The van der Waals surface area contributed by atoms with Crippen molar-refractivity contribution in [3.05, 3.63) is 58.5 Å². The predicted octanol–water partition coefficient (Wildman–Crippen LogP) is 2.43. The van der Waals surface area contributed by atoms with Gasteiger partial charge in [-0.2, -0.15) is 8.78 Å². The van der Waals surface area contributed by atoms with E-state index < -0.39 is 24.3 Å². The third-order valence-corrected chi connectivity index (χ3v) is 5.79. The number of aromatic nitrogens is 1. The summed E-state index contributed by atoms with van der Waals surface area (Å²) in [6, 6.07) is 9.52. The summed E-state index contributed by atoms with van der Waals surface area (Å²) in [5, 5.41) is 13.1. The minimum Gasteiger partial charge on any atom is -0.477 e. The van der Waals surface area contributed by atoms with Crippen molar-refractivity contribution < 1.29 is 23.4 Å². The molecule has 1 aromatic heterocycles. The lowest BCUT2D eigenvalue weighted by molar-refractivity contribution is -0.129.